The van der Waals surface area contributed by atoms with Gasteiger partial charge in [-0.25, -0.2) is 4.79 Å². The zero-order valence-electron chi connectivity index (χ0n) is 18.2. The summed E-state index contributed by atoms with van der Waals surface area (Å²) in [5.74, 6) is 0.0723. The number of tetrazole rings is 1. The minimum absolute atomic E-state index is 0.217. The number of hydrogen-bond donors (Lipinski definition) is 2. The first kappa shape index (κ1) is 21.8. The first-order chi connectivity index (χ1) is 16.0. The molecule has 168 valence electrons. The number of aryl methyl sites for hydroxylation is 1. The van der Waals surface area contributed by atoms with Gasteiger partial charge in [0, 0.05) is 12.2 Å². The number of nitrogens with one attached hydrogen (secondary N) is 1. The van der Waals surface area contributed by atoms with Crippen molar-refractivity contribution < 1.29 is 19.4 Å². The Bertz CT molecular complexity index is 1260. The minimum Gasteiger partial charge on any atom is -0.490 e. The average molecular weight is 445 g/mol. The maximum absolute atomic E-state index is 11.3. The van der Waals surface area contributed by atoms with Gasteiger partial charge in [-0.1, -0.05) is 35.4 Å². The quantitative estimate of drug-likeness (QED) is 0.388. The van der Waals surface area contributed by atoms with Crippen molar-refractivity contribution in [2.75, 3.05) is 11.9 Å². The highest BCUT2D eigenvalue weighted by Gasteiger charge is 2.15. The van der Waals surface area contributed by atoms with Gasteiger partial charge in [-0.2, -0.15) is 4.68 Å². The second-order valence-corrected chi connectivity index (χ2v) is 7.21. The van der Waals surface area contributed by atoms with Crippen LogP contribution in [0.3, 0.4) is 0 Å². The van der Waals surface area contributed by atoms with E-state index in [4.69, 9.17) is 9.47 Å². The molecule has 3 aromatic carbocycles. The van der Waals surface area contributed by atoms with Crippen molar-refractivity contribution in [3.63, 3.8) is 0 Å². The Balaban J connectivity index is 1.54. The van der Waals surface area contributed by atoms with Crippen molar-refractivity contribution in [3.8, 4) is 23.2 Å². The number of nitrogens with zero attached hydrogens (tertiary/aromatic N) is 4. The number of para-hydroxylation sites is 1. The zero-order valence-corrected chi connectivity index (χ0v) is 18.2. The molecule has 0 aliphatic heterocycles. The van der Waals surface area contributed by atoms with Crippen molar-refractivity contribution in [3.05, 3.63) is 83.4 Å². The summed E-state index contributed by atoms with van der Waals surface area (Å²) in [6.07, 6.45) is 0. The first-order valence-electron chi connectivity index (χ1n) is 10.4. The lowest BCUT2D eigenvalue weighted by Crippen LogP contribution is -2.05. The van der Waals surface area contributed by atoms with Gasteiger partial charge in [-0.3, -0.25) is 0 Å². The molecule has 0 aliphatic rings. The molecule has 9 nitrogen and oxygen atoms in total. The summed E-state index contributed by atoms with van der Waals surface area (Å²) in [5.41, 5.74) is 3.66. The number of hydrogen-bond acceptors (Lipinski definition) is 7. The molecule has 0 fully saturated rings. The van der Waals surface area contributed by atoms with E-state index in [0.717, 1.165) is 22.5 Å². The summed E-state index contributed by atoms with van der Waals surface area (Å²) < 4.78 is 13.3. The number of ether oxygens (including phenoxy) is 2. The molecule has 0 radical (unpaired) electrons. The summed E-state index contributed by atoms with van der Waals surface area (Å²) >= 11 is 0. The number of rotatable bonds is 9. The highest BCUT2D eigenvalue weighted by atomic mass is 16.5. The van der Waals surface area contributed by atoms with Crippen LogP contribution in [0.4, 0.5) is 5.69 Å². The number of carboxylic acid groups (broad SMARTS) is 1. The Labute approximate surface area is 190 Å². The molecule has 9 heteroatoms. The predicted octanol–water partition coefficient (Wildman–Crippen LogP) is 4.47. The lowest BCUT2D eigenvalue weighted by atomic mass is 10.1. The number of benzene rings is 3. The third-order valence-corrected chi connectivity index (χ3v) is 4.92. The molecule has 4 aromatic rings. The van der Waals surface area contributed by atoms with Crippen LogP contribution in [-0.4, -0.2) is 37.9 Å². The van der Waals surface area contributed by atoms with Crippen LogP contribution < -0.4 is 14.8 Å². The van der Waals surface area contributed by atoms with Gasteiger partial charge in [0.15, 0.2) is 11.5 Å². The van der Waals surface area contributed by atoms with E-state index in [1.807, 2.05) is 56.3 Å². The van der Waals surface area contributed by atoms with Gasteiger partial charge >= 0.3 is 12.0 Å². The Morgan fingerprint density at radius 2 is 1.88 bits per heavy atom. The summed E-state index contributed by atoms with van der Waals surface area (Å²) in [7, 11) is 0. The molecule has 0 saturated heterocycles. The topological polar surface area (TPSA) is 111 Å². The molecule has 0 spiro atoms. The maximum atomic E-state index is 11.3. The standard InChI is InChI=1S/C24H23N5O4/c1-3-32-22-13-17(15-25-20-14-18(23(30)31)11-9-16(20)2)10-12-21(22)33-24-26-27-28-29(24)19-7-5-4-6-8-19/h4-14,25H,3,15H2,1-2H3,(H,30,31). The van der Waals surface area contributed by atoms with E-state index < -0.39 is 5.97 Å². The molecule has 1 aromatic heterocycles. The molecule has 0 aliphatic carbocycles. The highest BCUT2D eigenvalue weighted by Crippen LogP contribution is 2.32. The Kier molecular flexibility index (Phi) is 6.49. The van der Waals surface area contributed by atoms with Crippen LogP contribution >= 0.6 is 0 Å². The molecule has 0 saturated carbocycles. The fourth-order valence-electron chi connectivity index (χ4n) is 3.23. The van der Waals surface area contributed by atoms with E-state index in [-0.39, 0.29) is 11.6 Å². The van der Waals surface area contributed by atoms with Crippen molar-refractivity contribution in [2.45, 2.75) is 20.4 Å². The third-order valence-electron chi connectivity index (χ3n) is 4.92. The number of carbonyl (C=O) groups is 1. The molecule has 0 bridgehead atoms. The zero-order chi connectivity index (χ0) is 23.2. The second-order valence-electron chi connectivity index (χ2n) is 7.21. The van der Waals surface area contributed by atoms with Gasteiger partial charge in [0.1, 0.15) is 0 Å². The minimum atomic E-state index is -0.962. The van der Waals surface area contributed by atoms with Gasteiger partial charge in [0.25, 0.3) is 0 Å². The van der Waals surface area contributed by atoms with Gasteiger partial charge in [-0.15, -0.1) is 0 Å². The number of aromatic carboxylic acids is 1. The van der Waals surface area contributed by atoms with E-state index in [1.54, 1.807) is 24.3 Å². The predicted molar refractivity (Wildman–Crippen MR) is 122 cm³/mol. The molecule has 2 N–H and O–H groups in total. The number of carboxylic acids is 1. The van der Waals surface area contributed by atoms with Crippen LogP contribution in [0, 0.1) is 6.92 Å². The Morgan fingerprint density at radius 3 is 2.64 bits per heavy atom. The number of aromatic nitrogens is 4. The van der Waals surface area contributed by atoms with Gasteiger partial charge < -0.3 is 19.9 Å². The fourth-order valence-corrected chi connectivity index (χ4v) is 3.23. The summed E-state index contributed by atoms with van der Waals surface area (Å²) in [6.45, 7) is 4.75. The SMILES string of the molecule is CCOc1cc(CNc2cc(C(=O)O)ccc2C)ccc1Oc1nnnn1-c1ccccc1. The number of anilines is 1. The highest BCUT2D eigenvalue weighted by molar-refractivity contribution is 5.89. The van der Waals surface area contributed by atoms with Crippen molar-refractivity contribution in [2.24, 2.45) is 0 Å². The van der Waals surface area contributed by atoms with E-state index in [9.17, 15) is 9.90 Å². The van der Waals surface area contributed by atoms with Gasteiger partial charge in [0.2, 0.25) is 0 Å². The normalized spacial score (nSPS) is 10.6. The molecule has 0 amide bonds. The Hall–Kier alpha value is -4.40. The van der Waals surface area contributed by atoms with Gasteiger partial charge in [-0.05, 0) is 71.8 Å². The van der Waals surface area contributed by atoms with Crippen LogP contribution in [0.5, 0.6) is 17.5 Å². The monoisotopic (exact) mass is 445 g/mol. The average Bonchev–Trinajstić information content (AvgIpc) is 3.29. The molecule has 33 heavy (non-hydrogen) atoms. The third kappa shape index (κ3) is 5.09. The maximum Gasteiger partial charge on any atom is 0.346 e. The molecule has 4 rings (SSSR count). The van der Waals surface area contributed by atoms with Crippen molar-refractivity contribution in [1.29, 1.82) is 0 Å². The summed E-state index contributed by atoms with van der Waals surface area (Å²) in [5, 5.41) is 24.2. The van der Waals surface area contributed by atoms with E-state index >= 15 is 0 Å². The van der Waals surface area contributed by atoms with Crippen molar-refractivity contribution in [1.82, 2.24) is 20.2 Å². The lowest BCUT2D eigenvalue weighted by Gasteiger charge is -2.14. The second kappa shape index (κ2) is 9.82. The van der Waals surface area contributed by atoms with E-state index in [1.165, 1.54) is 4.68 Å². The molecule has 1 heterocycles. The summed E-state index contributed by atoms with van der Waals surface area (Å²) in [6, 6.07) is 20.2. The van der Waals surface area contributed by atoms with Crippen molar-refractivity contribution >= 4 is 11.7 Å². The van der Waals surface area contributed by atoms with Crippen LogP contribution in [0.25, 0.3) is 5.69 Å². The van der Waals surface area contributed by atoms with Crippen LogP contribution in [0.2, 0.25) is 0 Å². The van der Waals surface area contributed by atoms with Crippen LogP contribution in [-0.2, 0) is 6.54 Å². The molecular weight excluding hydrogens is 422 g/mol. The first-order valence-corrected chi connectivity index (χ1v) is 10.4. The largest absolute Gasteiger partial charge is 0.490 e. The summed E-state index contributed by atoms with van der Waals surface area (Å²) in [4.78, 5) is 11.3. The molecule has 0 atom stereocenters. The van der Waals surface area contributed by atoms with Gasteiger partial charge in [0.05, 0.1) is 17.9 Å². The van der Waals surface area contributed by atoms with Crippen LogP contribution in [0.15, 0.2) is 66.7 Å². The molecular formula is C24H23N5O4. The Morgan fingerprint density at radius 1 is 1.06 bits per heavy atom. The smallest absolute Gasteiger partial charge is 0.346 e. The van der Waals surface area contributed by atoms with E-state index in [0.29, 0.717) is 24.7 Å². The van der Waals surface area contributed by atoms with Crippen LogP contribution in [0.1, 0.15) is 28.4 Å². The van der Waals surface area contributed by atoms with E-state index in [2.05, 4.69) is 20.8 Å². The lowest BCUT2D eigenvalue weighted by molar-refractivity contribution is 0.0697. The molecule has 0 unspecified atom stereocenters. The fraction of sp³-hybridized carbons (Fsp3) is 0.167.